The van der Waals surface area contributed by atoms with E-state index >= 15 is 0 Å². The summed E-state index contributed by atoms with van der Waals surface area (Å²) in [6.07, 6.45) is 5.24. The average Bonchev–Trinajstić information content (AvgIpc) is 3.20. The van der Waals surface area contributed by atoms with Crippen LogP contribution in [0.5, 0.6) is 0 Å². The molecule has 0 spiro atoms. The Morgan fingerprint density at radius 3 is 2.55 bits per heavy atom. The summed E-state index contributed by atoms with van der Waals surface area (Å²) < 4.78 is 1.34. The fourth-order valence-electron chi connectivity index (χ4n) is 2.89. The number of unbranched alkanes of at least 4 members (excludes halogenated alkanes) is 2. The number of aryl methyl sites for hydroxylation is 2. The lowest BCUT2D eigenvalue weighted by Crippen LogP contribution is -2.26. The maximum Gasteiger partial charge on any atom is 0.277 e. The van der Waals surface area contributed by atoms with Crippen molar-refractivity contribution in [2.45, 2.75) is 52.5 Å². The topological polar surface area (TPSA) is 76.9 Å². The van der Waals surface area contributed by atoms with Crippen molar-refractivity contribution in [3.05, 3.63) is 63.4 Å². The van der Waals surface area contributed by atoms with E-state index in [1.54, 1.807) is 0 Å². The highest BCUT2D eigenvalue weighted by Gasteiger charge is 2.13. The SMILES string of the molecule is CCCCc1ccc(-c2csc(NC(=O)c3ccc(=O)n(CCCC)n3)n2)cc1. The Morgan fingerprint density at radius 2 is 1.83 bits per heavy atom. The molecule has 0 unspecified atom stereocenters. The Morgan fingerprint density at radius 1 is 1.07 bits per heavy atom. The highest BCUT2D eigenvalue weighted by Crippen LogP contribution is 2.25. The van der Waals surface area contributed by atoms with Gasteiger partial charge in [0.15, 0.2) is 5.13 Å². The molecule has 7 heteroatoms. The normalized spacial score (nSPS) is 10.8. The number of amides is 1. The number of aromatic nitrogens is 3. The quantitative estimate of drug-likeness (QED) is 0.552. The molecule has 1 amide bonds. The molecule has 3 aromatic rings. The first kappa shape index (κ1) is 20.9. The number of nitrogens with one attached hydrogen (secondary N) is 1. The molecule has 0 aliphatic rings. The van der Waals surface area contributed by atoms with E-state index in [9.17, 15) is 9.59 Å². The molecule has 0 radical (unpaired) electrons. The third-order valence-electron chi connectivity index (χ3n) is 4.62. The summed E-state index contributed by atoms with van der Waals surface area (Å²) >= 11 is 1.37. The molecule has 6 nitrogen and oxygen atoms in total. The van der Waals surface area contributed by atoms with Gasteiger partial charge in [0.05, 0.1) is 5.69 Å². The second kappa shape index (κ2) is 10.1. The molecule has 0 saturated heterocycles. The van der Waals surface area contributed by atoms with Crippen LogP contribution in [0.15, 0.2) is 46.6 Å². The molecule has 1 aromatic carbocycles. The molecule has 1 N–H and O–H groups in total. The lowest BCUT2D eigenvalue weighted by molar-refractivity contribution is 0.101. The summed E-state index contributed by atoms with van der Waals surface area (Å²) in [6.45, 7) is 4.74. The van der Waals surface area contributed by atoms with E-state index in [4.69, 9.17) is 0 Å². The largest absolute Gasteiger partial charge is 0.296 e. The summed E-state index contributed by atoms with van der Waals surface area (Å²) in [7, 11) is 0. The maximum atomic E-state index is 12.5. The Bertz CT molecular complexity index is 1010. The minimum Gasteiger partial charge on any atom is -0.296 e. The fourth-order valence-corrected chi connectivity index (χ4v) is 3.60. The number of rotatable bonds is 9. The zero-order valence-electron chi connectivity index (χ0n) is 16.9. The predicted octanol–water partition coefficient (Wildman–Crippen LogP) is 4.76. The van der Waals surface area contributed by atoms with Crippen LogP contribution >= 0.6 is 11.3 Å². The number of carbonyl (C=O) groups excluding carboxylic acids is 1. The van der Waals surface area contributed by atoms with E-state index < -0.39 is 0 Å². The summed E-state index contributed by atoms with van der Waals surface area (Å²) in [6, 6.07) is 11.2. The lowest BCUT2D eigenvalue weighted by atomic mass is 10.1. The van der Waals surface area contributed by atoms with Crippen molar-refractivity contribution in [1.82, 2.24) is 14.8 Å². The van der Waals surface area contributed by atoms with Crippen LogP contribution in [0.25, 0.3) is 11.3 Å². The van der Waals surface area contributed by atoms with Gasteiger partial charge in [0.2, 0.25) is 0 Å². The number of anilines is 1. The number of nitrogens with zero attached hydrogens (tertiary/aromatic N) is 3. The second-order valence-electron chi connectivity index (χ2n) is 6.93. The number of hydrogen-bond acceptors (Lipinski definition) is 5. The Kier molecular flexibility index (Phi) is 7.30. The first-order valence-electron chi connectivity index (χ1n) is 10.0. The van der Waals surface area contributed by atoms with Gasteiger partial charge in [-0.05, 0) is 30.9 Å². The van der Waals surface area contributed by atoms with Crippen LogP contribution < -0.4 is 10.9 Å². The van der Waals surface area contributed by atoms with Crippen LogP contribution in [-0.2, 0) is 13.0 Å². The molecular weight excluding hydrogens is 384 g/mol. The van der Waals surface area contributed by atoms with Crippen LogP contribution in [0.3, 0.4) is 0 Å². The molecule has 0 atom stereocenters. The van der Waals surface area contributed by atoms with Crippen LogP contribution in [-0.4, -0.2) is 20.7 Å². The molecule has 152 valence electrons. The van der Waals surface area contributed by atoms with Crippen LogP contribution in [0.2, 0.25) is 0 Å². The highest BCUT2D eigenvalue weighted by molar-refractivity contribution is 7.14. The molecule has 2 heterocycles. The summed E-state index contributed by atoms with van der Waals surface area (Å²) in [5.74, 6) is -0.369. The van der Waals surface area contributed by atoms with Crippen molar-refractivity contribution in [1.29, 1.82) is 0 Å². The lowest BCUT2D eigenvalue weighted by Gasteiger charge is -2.06. The van der Waals surface area contributed by atoms with Gasteiger partial charge in [0, 0.05) is 23.6 Å². The van der Waals surface area contributed by atoms with Crippen molar-refractivity contribution in [3.8, 4) is 11.3 Å². The standard InChI is InChI=1S/C22H26N4O2S/c1-3-5-7-16-8-10-17(11-9-16)19-15-29-22(23-19)24-21(28)18-12-13-20(27)26(25-18)14-6-4-2/h8-13,15H,3-7,14H2,1-2H3,(H,23,24,28). The monoisotopic (exact) mass is 410 g/mol. The van der Waals surface area contributed by atoms with Crippen LogP contribution in [0.1, 0.15) is 55.6 Å². The number of carbonyl (C=O) groups is 1. The van der Waals surface area contributed by atoms with Gasteiger partial charge >= 0.3 is 0 Å². The van der Waals surface area contributed by atoms with Crippen molar-refractivity contribution in [3.63, 3.8) is 0 Å². The van der Waals surface area contributed by atoms with E-state index in [1.807, 2.05) is 12.3 Å². The first-order valence-corrected chi connectivity index (χ1v) is 10.9. The van der Waals surface area contributed by atoms with Crippen LogP contribution in [0.4, 0.5) is 5.13 Å². The van der Waals surface area contributed by atoms with Gasteiger partial charge in [0.25, 0.3) is 11.5 Å². The molecule has 29 heavy (non-hydrogen) atoms. The minimum absolute atomic E-state index is 0.200. The Hall–Kier alpha value is -2.80. The van der Waals surface area contributed by atoms with Crippen LogP contribution in [0, 0.1) is 0 Å². The van der Waals surface area contributed by atoms with Gasteiger partial charge in [0.1, 0.15) is 5.69 Å². The minimum atomic E-state index is -0.369. The fraction of sp³-hybridized carbons (Fsp3) is 0.364. The van der Waals surface area contributed by atoms with E-state index in [-0.39, 0.29) is 17.2 Å². The third kappa shape index (κ3) is 5.60. The van der Waals surface area contributed by atoms with Crippen molar-refractivity contribution in [2.75, 3.05) is 5.32 Å². The predicted molar refractivity (Wildman–Crippen MR) is 118 cm³/mol. The molecule has 0 fully saturated rings. The van der Waals surface area contributed by atoms with Gasteiger partial charge in [-0.3, -0.25) is 14.9 Å². The van der Waals surface area contributed by atoms with Gasteiger partial charge in [-0.1, -0.05) is 51.0 Å². The third-order valence-corrected chi connectivity index (χ3v) is 5.37. The van der Waals surface area contributed by atoms with Crippen molar-refractivity contribution >= 4 is 22.4 Å². The van der Waals surface area contributed by atoms with Gasteiger partial charge in [-0.15, -0.1) is 11.3 Å². The average molecular weight is 411 g/mol. The van der Waals surface area contributed by atoms with Gasteiger partial charge < -0.3 is 0 Å². The number of thiazole rings is 1. The Balaban J connectivity index is 1.68. The van der Waals surface area contributed by atoms with Crippen molar-refractivity contribution in [2.24, 2.45) is 0 Å². The smallest absolute Gasteiger partial charge is 0.277 e. The summed E-state index contributed by atoms with van der Waals surface area (Å²) in [4.78, 5) is 28.9. The first-order chi connectivity index (χ1) is 14.1. The molecule has 0 aliphatic heterocycles. The zero-order chi connectivity index (χ0) is 20.6. The van der Waals surface area contributed by atoms with Gasteiger partial charge in [-0.2, -0.15) is 5.10 Å². The van der Waals surface area contributed by atoms with E-state index in [0.717, 1.165) is 30.5 Å². The van der Waals surface area contributed by atoms with E-state index in [0.29, 0.717) is 11.7 Å². The summed E-state index contributed by atoms with van der Waals surface area (Å²) in [5.41, 5.74) is 3.18. The molecule has 0 bridgehead atoms. The maximum absolute atomic E-state index is 12.5. The second-order valence-corrected chi connectivity index (χ2v) is 7.78. The van der Waals surface area contributed by atoms with E-state index in [2.05, 4.69) is 46.6 Å². The number of hydrogen-bond donors (Lipinski definition) is 1. The van der Waals surface area contributed by atoms with Gasteiger partial charge in [-0.25, -0.2) is 9.67 Å². The highest BCUT2D eigenvalue weighted by atomic mass is 32.1. The molecule has 2 aromatic heterocycles. The van der Waals surface area contributed by atoms with Crippen molar-refractivity contribution < 1.29 is 4.79 Å². The molecule has 0 aliphatic carbocycles. The van der Waals surface area contributed by atoms with E-state index in [1.165, 1.54) is 46.6 Å². The molecular formula is C22H26N4O2S. The molecule has 0 saturated carbocycles. The Labute approximate surface area is 174 Å². The summed E-state index contributed by atoms with van der Waals surface area (Å²) in [5, 5.41) is 9.39. The number of benzene rings is 1. The molecule has 3 rings (SSSR count). The zero-order valence-corrected chi connectivity index (χ0v) is 17.7.